The predicted molar refractivity (Wildman–Crippen MR) is 113 cm³/mol. The minimum Gasteiger partial charge on any atom is -0.350 e. The second-order valence-corrected chi connectivity index (χ2v) is 7.65. The van der Waals surface area contributed by atoms with Crippen LogP contribution in [0.15, 0.2) is 84.9 Å². The van der Waals surface area contributed by atoms with Crippen molar-refractivity contribution in [3.05, 3.63) is 107 Å². The van der Waals surface area contributed by atoms with Gasteiger partial charge >= 0.3 is 0 Å². The highest BCUT2D eigenvalue weighted by molar-refractivity contribution is 6.02. The zero-order valence-corrected chi connectivity index (χ0v) is 16.5. The molecule has 1 heterocycles. The van der Waals surface area contributed by atoms with E-state index in [0.29, 0.717) is 25.1 Å². The molecule has 2 amide bonds. The van der Waals surface area contributed by atoms with E-state index in [-0.39, 0.29) is 11.8 Å². The minimum atomic E-state index is -0.962. The molecule has 1 aliphatic rings. The van der Waals surface area contributed by atoms with E-state index in [1.165, 1.54) is 0 Å². The van der Waals surface area contributed by atoms with Gasteiger partial charge in [0.1, 0.15) is 5.54 Å². The molecule has 146 valence electrons. The molecule has 0 unspecified atom stereocenters. The molecule has 29 heavy (non-hydrogen) atoms. The van der Waals surface area contributed by atoms with Gasteiger partial charge in [0, 0.05) is 25.1 Å². The molecule has 0 aliphatic carbocycles. The number of nitrogens with zero attached hydrogens (tertiary/aromatic N) is 1. The molecule has 4 heteroatoms. The first-order valence-corrected chi connectivity index (χ1v) is 9.84. The number of carbonyl (C=O) groups is 2. The lowest BCUT2D eigenvalue weighted by atomic mass is 9.82. The molecule has 0 saturated carbocycles. The van der Waals surface area contributed by atoms with Crippen LogP contribution in [-0.2, 0) is 24.3 Å². The first-order valence-electron chi connectivity index (χ1n) is 9.84. The van der Waals surface area contributed by atoms with E-state index in [9.17, 15) is 9.59 Å². The van der Waals surface area contributed by atoms with Crippen LogP contribution in [-0.4, -0.2) is 22.3 Å². The van der Waals surface area contributed by atoms with Crippen molar-refractivity contribution in [1.82, 2.24) is 10.2 Å². The number of amides is 2. The Morgan fingerprint density at radius 1 is 0.897 bits per heavy atom. The SMILES string of the molecule is C[C@@]1(C(=O)NCc2ccccc2)Cc2ccccc2C(=O)N1Cc1ccccc1. The van der Waals surface area contributed by atoms with Crippen molar-refractivity contribution < 1.29 is 9.59 Å². The first-order chi connectivity index (χ1) is 14.1. The lowest BCUT2D eigenvalue weighted by Crippen LogP contribution is -2.62. The lowest BCUT2D eigenvalue weighted by molar-refractivity contribution is -0.132. The molecule has 0 saturated heterocycles. The molecule has 0 radical (unpaired) electrons. The van der Waals surface area contributed by atoms with Crippen molar-refractivity contribution >= 4 is 11.8 Å². The van der Waals surface area contributed by atoms with E-state index in [4.69, 9.17) is 0 Å². The fourth-order valence-corrected chi connectivity index (χ4v) is 3.90. The van der Waals surface area contributed by atoms with Crippen LogP contribution in [0.1, 0.15) is 34.0 Å². The zero-order chi connectivity index (χ0) is 20.3. The van der Waals surface area contributed by atoms with Gasteiger partial charge in [-0.15, -0.1) is 0 Å². The summed E-state index contributed by atoms with van der Waals surface area (Å²) in [6.07, 6.45) is 0.488. The van der Waals surface area contributed by atoms with E-state index in [1.54, 1.807) is 4.90 Å². The second-order valence-electron chi connectivity index (χ2n) is 7.65. The molecule has 1 N–H and O–H groups in total. The molecule has 1 atom stereocenters. The van der Waals surface area contributed by atoms with Crippen LogP contribution < -0.4 is 5.32 Å². The minimum absolute atomic E-state index is 0.104. The molecule has 0 fully saturated rings. The normalized spacial score (nSPS) is 18.2. The lowest BCUT2D eigenvalue weighted by Gasteiger charge is -2.44. The number of fused-ring (bicyclic) bond motifs is 1. The Kier molecular flexibility index (Phi) is 5.17. The molecule has 3 aromatic carbocycles. The summed E-state index contributed by atoms with van der Waals surface area (Å²) in [5.74, 6) is -0.242. The third-order valence-corrected chi connectivity index (χ3v) is 5.59. The van der Waals surface area contributed by atoms with E-state index in [0.717, 1.165) is 16.7 Å². The van der Waals surface area contributed by atoms with Crippen molar-refractivity contribution in [2.75, 3.05) is 0 Å². The summed E-state index contributed by atoms with van der Waals surface area (Å²) in [7, 11) is 0. The van der Waals surface area contributed by atoms with Crippen molar-refractivity contribution in [3.8, 4) is 0 Å². The molecule has 0 spiro atoms. The topological polar surface area (TPSA) is 49.4 Å². The van der Waals surface area contributed by atoms with E-state index < -0.39 is 5.54 Å². The van der Waals surface area contributed by atoms with E-state index in [1.807, 2.05) is 91.9 Å². The summed E-state index contributed by atoms with van der Waals surface area (Å²) >= 11 is 0. The zero-order valence-electron chi connectivity index (χ0n) is 16.5. The van der Waals surface area contributed by atoms with Gasteiger partial charge in [-0.25, -0.2) is 0 Å². The van der Waals surface area contributed by atoms with Crippen molar-refractivity contribution in [2.45, 2.75) is 32.0 Å². The number of rotatable bonds is 5. The van der Waals surface area contributed by atoms with Gasteiger partial charge < -0.3 is 10.2 Å². The maximum Gasteiger partial charge on any atom is 0.255 e. The molecule has 1 aliphatic heterocycles. The molecular formula is C25H24N2O2. The number of hydrogen-bond acceptors (Lipinski definition) is 2. The van der Waals surface area contributed by atoms with Crippen molar-refractivity contribution in [3.63, 3.8) is 0 Å². The Hall–Kier alpha value is -3.40. The molecule has 0 aromatic heterocycles. The van der Waals surface area contributed by atoms with Gasteiger partial charge in [-0.1, -0.05) is 78.9 Å². The van der Waals surface area contributed by atoms with Crippen LogP contribution in [0.5, 0.6) is 0 Å². The van der Waals surface area contributed by atoms with Crippen molar-refractivity contribution in [1.29, 1.82) is 0 Å². The highest BCUT2D eigenvalue weighted by atomic mass is 16.2. The maximum atomic E-state index is 13.4. The largest absolute Gasteiger partial charge is 0.350 e. The van der Waals surface area contributed by atoms with Gasteiger partial charge in [0.2, 0.25) is 5.91 Å². The highest BCUT2D eigenvalue weighted by Crippen LogP contribution is 2.32. The third kappa shape index (κ3) is 3.79. The number of hydrogen-bond donors (Lipinski definition) is 1. The average molecular weight is 384 g/mol. The maximum absolute atomic E-state index is 13.4. The van der Waals surface area contributed by atoms with Crippen LogP contribution >= 0.6 is 0 Å². The number of carbonyl (C=O) groups excluding carboxylic acids is 2. The second kappa shape index (κ2) is 7.92. The summed E-state index contributed by atoms with van der Waals surface area (Å²) in [5.41, 5.74) is 2.66. The van der Waals surface area contributed by atoms with Crippen LogP contribution in [0.3, 0.4) is 0 Å². The van der Waals surface area contributed by atoms with Crippen LogP contribution in [0.2, 0.25) is 0 Å². The smallest absolute Gasteiger partial charge is 0.255 e. The fraction of sp³-hybridized carbons (Fsp3) is 0.200. The van der Waals surface area contributed by atoms with Gasteiger partial charge in [0.15, 0.2) is 0 Å². The summed E-state index contributed by atoms with van der Waals surface area (Å²) in [6, 6.07) is 27.2. The molecule has 0 bridgehead atoms. The molecular weight excluding hydrogens is 360 g/mol. The Bertz CT molecular complexity index is 1020. The van der Waals surface area contributed by atoms with Crippen LogP contribution in [0.25, 0.3) is 0 Å². The molecule has 3 aromatic rings. The van der Waals surface area contributed by atoms with Gasteiger partial charge in [0.25, 0.3) is 5.91 Å². The standard InChI is InChI=1S/C25H24N2O2/c1-25(24(29)26-17-19-10-4-2-5-11-19)16-21-14-8-9-15-22(21)23(28)27(25)18-20-12-6-3-7-13-20/h2-15H,16-18H2,1H3,(H,26,29)/t25-/m0/s1. The summed E-state index contributed by atoms with van der Waals surface area (Å²) in [4.78, 5) is 28.4. The molecule has 4 rings (SSSR count). The fourth-order valence-electron chi connectivity index (χ4n) is 3.90. The first kappa shape index (κ1) is 18.9. The molecule has 4 nitrogen and oxygen atoms in total. The number of benzene rings is 3. The van der Waals surface area contributed by atoms with Gasteiger partial charge in [-0.3, -0.25) is 9.59 Å². The Balaban J connectivity index is 1.65. The predicted octanol–water partition coefficient (Wildman–Crippen LogP) is 3.96. The summed E-state index contributed by atoms with van der Waals surface area (Å²) in [5, 5.41) is 3.04. The highest BCUT2D eigenvalue weighted by Gasteiger charge is 2.46. The van der Waals surface area contributed by atoms with Crippen LogP contribution in [0.4, 0.5) is 0 Å². The Morgan fingerprint density at radius 2 is 1.48 bits per heavy atom. The van der Waals surface area contributed by atoms with E-state index in [2.05, 4.69) is 5.32 Å². The van der Waals surface area contributed by atoms with Crippen LogP contribution in [0, 0.1) is 0 Å². The Labute approximate surface area is 171 Å². The summed E-state index contributed by atoms with van der Waals surface area (Å²) < 4.78 is 0. The average Bonchev–Trinajstić information content (AvgIpc) is 2.76. The Morgan fingerprint density at radius 3 is 2.17 bits per heavy atom. The van der Waals surface area contributed by atoms with Gasteiger partial charge in [-0.05, 0) is 29.7 Å². The van der Waals surface area contributed by atoms with E-state index >= 15 is 0 Å². The van der Waals surface area contributed by atoms with Gasteiger partial charge in [0.05, 0.1) is 0 Å². The van der Waals surface area contributed by atoms with Gasteiger partial charge in [-0.2, -0.15) is 0 Å². The third-order valence-electron chi connectivity index (χ3n) is 5.59. The monoisotopic (exact) mass is 384 g/mol. The van der Waals surface area contributed by atoms with Crippen molar-refractivity contribution in [2.24, 2.45) is 0 Å². The summed E-state index contributed by atoms with van der Waals surface area (Å²) in [6.45, 7) is 2.69. The quantitative estimate of drug-likeness (QED) is 0.724. The number of nitrogens with one attached hydrogen (secondary N) is 1.